The maximum atomic E-state index is 13.1. The minimum absolute atomic E-state index is 0.127. The molecule has 5 nitrogen and oxygen atoms in total. The molecule has 0 aliphatic heterocycles. The Bertz CT molecular complexity index is 908. The Morgan fingerprint density at radius 3 is 2.20 bits per heavy atom. The molecule has 9 heteroatoms. The van der Waals surface area contributed by atoms with Crippen LogP contribution in [0.3, 0.4) is 0 Å². The van der Waals surface area contributed by atoms with Gasteiger partial charge in [0.2, 0.25) is 5.91 Å². The number of rotatable bonds is 9. The van der Waals surface area contributed by atoms with Crippen LogP contribution in [0.5, 0.6) is 5.75 Å². The summed E-state index contributed by atoms with van der Waals surface area (Å²) in [6.45, 7) is 3.93. The van der Waals surface area contributed by atoms with E-state index in [0.29, 0.717) is 44.4 Å². The summed E-state index contributed by atoms with van der Waals surface area (Å²) in [5, 5.41) is 4.41. The SMILES string of the molecule is CCNC(=O)[C@@H](CC)N(Cc1ccc(Cl)cc1Cl)C(=O)COc1ccc(Cl)cc1Cl. The summed E-state index contributed by atoms with van der Waals surface area (Å²) in [5.74, 6) is -0.307. The maximum absolute atomic E-state index is 13.1. The molecule has 0 saturated carbocycles. The Morgan fingerprint density at radius 2 is 1.63 bits per heavy atom. The van der Waals surface area contributed by atoms with Crippen molar-refractivity contribution in [3.63, 3.8) is 0 Å². The fraction of sp³-hybridized carbons (Fsp3) is 0.333. The molecule has 0 aliphatic carbocycles. The van der Waals surface area contributed by atoms with E-state index in [-0.39, 0.29) is 25.0 Å². The Balaban J connectivity index is 2.26. The normalized spacial score (nSPS) is 11.7. The van der Waals surface area contributed by atoms with Crippen molar-refractivity contribution < 1.29 is 14.3 Å². The summed E-state index contributed by atoms with van der Waals surface area (Å²) in [6.07, 6.45) is 0.421. The van der Waals surface area contributed by atoms with Gasteiger partial charge in [0, 0.05) is 28.2 Å². The number of hydrogen-bond acceptors (Lipinski definition) is 3. The molecule has 2 rings (SSSR count). The highest BCUT2D eigenvalue weighted by atomic mass is 35.5. The van der Waals surface area contributed by atoms with Crippen molar-refractivity contribution in [3.8, 4) is 5.75 Å². The first-order valence-corrected chi connectivity index (χ1v) is 10.9. The van der Waals surface area contributed by atoms with Crippen LogP contribution in [0.4, 0.5) is 0 Å². The van der Waals surface area contributed by atoms with Crippen molar-refractivity contribution >= 4 is 58.2 Å². The highest BCUT2D eigenvalue weighted by Crippen LogP contribution is 2.28. The van der Waals surface area contributed by atoms with E-state index in [4.69, 9.17) is 51.1 Å². The average Bonchev–Trinajstić information content (AvgIpc) is 2.68. The van der Waals surface area contributed by atoms with Crippen LogP contribution < -0.4 is 10.1 Å². The fourth-order valence-corrected chi connectivity index (χ4v) is 3.79. The summed E-state index contributed by atoms with van der Waals surface area (Å²) < 4.78 is 5.59. The van der Waals surface area contributed by atoms with Crippen molar-refractivity contribution in [3.05, 3.63) is 62.1 Å². The molecule has 0 aliphatic rings. The number of carbonyl (C=O) groups excluding carboxylic acids is 2. The van der Waals surface area contributed by atoms with Crippen LogP contribution in [0.25, 0.3) is 0 Å². The van der Waals surface area contributed by atoms with Gasteiger partial charge in [0.15, 0.2) is 6.61 Å². The van der Waals surface area contributed by atoms with Gasteiger partial charge in [-0.05, 0) is 49.2 Å². The van der Waals surface area contributed by atoms with Crippen molar-refractivity contribution in [2.24, 2.45) is 0 Å². The van der Waals surface area contributed by atoms with Gasteiger partial charge in [-0.3, -0.25) is 9.59 Å². The van der Waals surface area contributed by atoms with Crippen molar-refractivity contribution in [1.29, 1.82) is 0 Å². The number of halogens is 4. The quantitative estimate of drug-likeness (QED) is 0.495. The number of carbonyl (C=O) groups is 2. The number of hydrogen-bond donors (Lipinski definition) is 1. The number of ether oxygens (including phenoxy) is 1. The molecule has 2 amide bonds. The minimum atomic E-state index is -0.687. The standard InChI is InChI=1S/C21H22Cl4N2O3/c1-3-18(21(29)26-4-2)27(11-13-5-6-14(22)9-16(13)24)20(28)12-30-19-8-7-15(23)10-17(19)25/h5-10,18H,3-4,11-12H2,1-2H3,(H,26,29)/t18-/m1/s1. The van der Waals surface area contributed by atoms with Gasteiger partial charge in [0.05, 0.1) is 5.02 Å². The predicted octanol–water partition coefficient (Wildman–Crippen LogP) is 5.62. The summed E-state index contributed by atoms with van der Waals surface area (Å²) >= 11 is 24.3. The third kappa shape index (κ3) is 6.67. The van der Waals surface area contributed by atoms with Gasteiger partial charge >= 0.3 is 0 Å². The van der Waals surface area contributed by atoms with Crippen LogP contribution >= 0.6 is 46.4 Å². The molecule has 2 aromatic rings. The smallest absolute Gasteiger partial charge is 0.261 e. The first kappa shape index (κ1) is 24.6. The van der Waals surface area contributed by atoms with Gasteiger partial charge in [-0.15, -0.1) is 0 Å². The lowest BCUT2D eigenvalue weighted by Crippen LogP contribution is -2.50. The second-order valence-corrected chi connectivity index (χ2v) is 8.13. The molecule has 0 heterocycles. The predicted molar refractivity (Wildman–Crippen MR) is 122 cm³/mol. The van der Waals surface area contributed by atoms with Gasteiger partial charge in [-0.1, -0.05) is 59.4 Å². The Labute approximate surface area is 196 Å². The zero-order valence-electron chi connectivity index (χ0n) is 16.6. The van der Waals surface area contributed by atoms with E-state index in [9.17, 15) is 9.59 Å². The topological polar surface area (TPSA) is 58.6 Å². The lowest BCUT2D eigenvalue weighted by molar-refractivity contribution is -0.142. The van der Waals surface area contributed by atoms with Crippen molar-refractivity contribution in [2.45, 2.75) is 32.9 Å². The van der Waals surface area contributed by atoms with E-state index < -0.39 is 6.04 Å². The number of amides is 2. The first-order valence-electron chi connectivity index (χ1n) is 9.35. The monoisotopic (exact) mass is 490 g/mol. The van der Waals surface area contributed by atoms with Crippen LogP contribution in [0.2, 0.25) is 20.1 Å². The van der Waals surface area contributed by atoms with Crippen molar-refractivity contribution in [2.75, 3.05) is 13.2 Å². The lowest BCUT2D eigenvalue weighted by atomic mass is 10.1. The summed E-state index contributed by atoms with van der Waals surface area (Å²) in [7, 11) is 0. The van der Waals surface area contributed by atoms with Gasteiger partial charge in [0.1, 0.15) is 11.8 Å². The number of likely N-dealkylation sites (N-methyl/N-ethyl adjacent to an activating group) is 1. The third-order valence-electron chi connectivity index (χ3n) is 4.34. The number of nitrogens with one attached hydrogen (secondary N) is 1. The molecule has 162 valence electrons. The van der Waals surface area contributed by atoms with Gasteiger partial charge in [0.25, 0.3) is 5.91 Å². The first-order chi connectivity index (χ1) is 14.3. The van der Waals surface area contributed by atoms with E-state index in [0.717, 1.165) is 0 Å². The van der Waals surface area contributed by atoms with E-state index in [1.807, 2.05) is 13.8 Å². The Morgan fingerprint density at radius 1 is 1.00 bits per heavy atom. The summed E-state index contributed by atoms with van der Waals surface area (Å²) in [5.41, 5.74) is 0.668. The van der Waals surface area contributed by atoms with Gasteiger partial charge in [-0.2, -0.15) is 0 Å². The van der Waals surface area contributed by atoms with E-state index >= 15 is 0 Å². The fourth-order valence-electron chi connectivity index (χ4n) is 2.86. The van der Waals surface area contributed by atoms with Gasteiger partial charge < -0.3 is 15.0 Å². The Kier molecular flexibility index (Phi) is 9.56. The molecule has 2 aromatic carbocycles. The maximum Gasteiger partial charge on any atom is 0.261 e. The second-order valence-electron chi connectivity index (χ2n) is 6.44. The van der Waals surface area contributed by atoms with Crippen LogP contribution in [0, 0.1) is 0 Å². The van der Waals surface area contributed by atoms with Crippen LogP contribution in [-0.4, -0.2) is 35.9 Å². The van der Waals surface area contributed by atoms with Crippen LogP contribution in [0.1, 0.15) is 25.8 Å². The van der Waals surface area contributed by atoms with Crippen molar-refractivity contribution in [1.82, 2.24) is 10.2 Å². The summed E-state index contributed by atoms with van der Waals surface area (Å²) in [6, 6.07) is 9.04. The lowest BCUT2D eigenvalue weighted by Gasteiger charge is -2.30. The average molecular weight is 492 g/mol. The largest absolute Gasteiger partial charge is 0.482 e. The zero-order chi connectivity index (χ0) is 22.3. The highest BCUT2D eigenvalue weighted by Gasteiger charge is 2.29. The number of benzene rings is 2. The van der Waals surface area contributed by atoms with E-state index in [2.05, 4.69) is 5.32 Å². The number of nitrogens with zero attached hydrogens (tertiary/aromatic N) is 1. The molecule has 1 N–H and O–H groups in total. The van der Waals surface area contributed by atoms with E-state index in [1.165, 1.54) is 11.0 Å². The molecule has 0 bridgehead atoms. The zero-order valence-corrected chi connectivity index (χ0v) is 19.6. The van der Waals surface area contributed by atoms with Gasteiger partial charge in [-0.25, -0.2) is 0 Å². The Hall–Kier alpha value is -1.66. The molecule has 0 saturated heterocycles. The molecule has 0 aromatic heterocycles. The molecule has 30 heavy (non-hydrogen) atoms. The molecular weight excluding hydrogens is 470 g/mol. The summed E-state index contributed by atoms with van der Waals surface area (Å²) in [4.78, 5) is 27.1. The minimum Gasteiger partial charge on any atom is -0.482 e. The molecule has 1 atom stereocenters. The van der Waals surface area contributed by atoms with Crippen LogP contribution in [-0.2, 0) is 16.1 Å². The molecule has 0 spiro atoms. The molecular formula is C21H22Cl4N2O3. The highest BCUT2D eigenvalue weighted by molar-refractivity contribution is 6.35. The third-order valence-corrected chi connectivity index (χ3v) is 5.46. The second kappa shape index (κ2) is 11.7. The van der Waals surface area contributed by atoms with E-state index in [1.54, 1.807) is 30.3 Å². The molecule has 0 fully saturated rings. The molecule has 0 radical (unpaired) electrons. The molecule has 0 unspecified atom stereocenters. The van der Waals surface area contributed by atoms with Crippen LogP contribution in [0.15, 0.2) is 36.4 Å².